The predicted octanol–water partition coefficient (Wildman–Crippen LogP) is 3.67. The number of hydrogen-bond donors (Lipinski definition) is 1. The average molecular weight is 341 g/mol. The monoisotopic (exact) mass is 340 g/mol. The molecule has 0 radical (unpaired) electrons. The summed E-state index contributed by atoms with van der Waals surface area (Å²) in [5.41, 5.74) is 2.06. The zero-order chi connectivity index (χ0) is 15.0. The summed E-state index contributed by atoms with van der Waals surface area (Å²) in [5, 5.41) is 15.8. The number of rotatable bonds is 3. The number of aromatic hydroxyl groups is 1. The number of nitrogens with zero attached hydrogens (tertiary/aromatic N) is 4. The second kappa shape index (κ2) is 5.71. The quantitative estimate of drug-likeness (QED) is 0.582. The van der Waals surface area contributed by atoms with Crippen molar-refractivity contribution in [2.75, 3.05) is 0 Å². The minimum absolute atomic E-state index is 0.0313. The van der Waals surface area contributed by atoms with E-state index < -0.39 is 0 Å². The second-order valence-electron chi connectivity index (χ2n) is 4.36. The Kier molecular flexibility index (Phi) is 3.93. The molecule has 0 aliphatic carbocycles. The summed E-state index contributed by atoms with van der Waals surface area (Å²) in [7, 11) is 1.66. The van der Waals surface area contributed by atoms with Gasteiger partial charge in [-0.1, -0.05) is 41.0 Å². The summed E-state index contributed by atoms with van der Waals surface area (Å²) < 4.78 is 1.38. The fourth-order valence-corrected chi connectivity index (χ4v) is 3.05. The van der Waals surface area contributed by atoms with E-state index in [1.54, 1.807) is 13.1 Å². The van der Waals surface area contributed by atoms with Gasteiger partial charge in [0, 0.05) is 12.8 Å². The minimum Gasteiger partial charge on any atom is -0.492 e. The lowest BCUT2D eigenvalue weighted by Crippen LogP contribution is -1.89. The molecule has 1 aromatic carbocycles. The van der Waals surface area contributed by atoms with E-state index in [2.05, 4.69) is 15.1 Å². The molecule has 0 saturated carbocycles. The molecule has 3 aromatic rings. The maximum Gasteiger partial charge on any atom is 0.236 e. The molecule has 5 nitrogen and oxygen atoms in total. The maximum atomic E-state index is 9.84. The fourth-order valence-electron chi connectivity index (χ4n) is 1.85. The van der Waals surface area contributed by atoms with Gasteiger partial charge in [0.05, 0.1) is 10.0 Å². The van der Waals surface area contributed by atoms with Crippen molar-refractivity contribution < 1.29 is 5.11 Å². The molecule has 2 aromatic heterocycles. The number of aryl methyl sites for hydroxylation is 1. The van der Waals surface area contributed by atoms with Gasteiger partial charge in [0.1, 0.15) is 16.9 Å². The molecule has 0 amide bonds. The van der Waals surface area contributed by atoms with Crippen LogP contribution < -0.4 is 0 Å². The van der Waals surface area contributed by atoms with Crippen LogP contribution in [0, 0.1) is 0 Å². The SMILES string of the molecule is Cn1nc2c(SCc3ccc(Cl)c(Cl)c3)ncnc2c1O. The van der Waals surface area contributed by atoms with Crippen molar-refractivity contribution in [3.05, 3.63) is 40.1 Å². The lowest BCUT2D eigenvalue weighted by Gasteiger charge is -2.03. The Hall–Kier alpha value is -1.50. The van der Waals surface area contributed by atoms with Gasteiger partial charge in [-0.25, -0.2) is 14.6 Å². The molecule has 0 aliphatic heterocycles. The molecule has 1 N–H and O–H groups in total. The van der Waals surface area contributed by atoms with Crippen LogP contribution in [0.1, 0.15) is 5.56 Å². The molecule has 3 rings (SSSR count). The van der Waals surface area contributed by atoms with Crippen LogP contribution in [-0.4, -0.2) is 24.9 Å². The molecule has 2 heterocycles. The van der Waals surface area contributed by atoms with E-state index in [-0.39, 0.29) is 5.88 Å². The Morgan fingerprint density at radius 2 is 2.00 bits per heavy atom. The normalized spacial score (nSPS) is 11.2. The first-order valence-corrected chi connectivity index (χ1v) is 7.74. The van der Waals surface area contributed by atoms with Crippen LogP contribution in [0.3, 0.4) is 0 Å². The van der Waals surface area contributed by atoms with Gasteiger partial charge in [-0.2, -0.15) is 5.10 Å². The molecule has 21 heavy (non-hydrogen) atoms. The summed E-state index contributed by atoms with van der Waals surface area (Å²) in [4.78, 5) is 8.27. The van der Waals surface area contributed by atoms with Gasteiger partial charge in [-0.05, 0) is 17.7 Å². The van der Waals surface area contributed by atoms with Gasteiger partial charge in [0.25, 0.3) is 0 Å². The first-order valence-electron chi connectivity index (χ1n) is 5.99. The highest BCUT2D eigenvalue weighted by molar-refractivity contribution is 7.98. The molecule has 0 atom stereocenters. The van der Waals surface area contributed by atoms with Crippen molar-refractivity contribution in [2.45, 2.75) is 10.8 Å². The Bertz CT molecular complexity index is 821. The van der Waals surface area contributed by atoms with Crippen molar-refractivity contribution in [3.63, 3.8) is 0 Å². The van der Waals surface area contributed by atoms with E-state index in [9.17, 15) is 5.11 Å². The largest absolute Gasteiger partial charge is 0.492 e. The van der Waals surface area contributed by atoms with E-state index in [0.717, 1.165) is 5.56 Å². The highest BCUT2D eigenvalue weighted by Crippen LogP contribution is 2.31. The van der Waals surface area contributed by atoms with Crippen LogP contribution in [0.4, 0.5) is 0 Å². The van der Waals surface area contributed by atoms with Crippen molar-refractivity contribution in [1.82, 2.24) is 19.7 Å². The zero-order valence-corrected chi connectivity index (χ0v) is 13.2. The number of fused-ring (bicyclic) bond motifs is 1. The summed E-state index contributed by atoms with van der Waals surface area (Å²) in [6.45, 7) is 0. The van der Waals surface area contributed by atoms with Crippen LogP contribution >= 0.6 is 35.0 Å². The molecule has 0 aliphatic rings. The predicted molar refractivity (Wildman–Crippen MR) is 84.0 cm³/mol. The standard InChI is InChI=1S/C13H10Cl2N4OS/c1-19-13(20)11-10(18-19)12(17-6-16-11)21-5-7-2-3-8(14)9(15)4-7/h2-4,6,20H,5H2,1H3. The third kappa shape index (κ3) is 2.79. The van der Waals surface area contributed by atoms with Crippen LogP contribution in [0.5, 0.6) is 5.88 Å². The van der Waals surface area contributed by atoms with Crippen molar-refractivity contribution in [3.8, 4) is 5.88 Å². The van der Waals surface area contributed by atoms with Crippen molar-refractivity contribution >= 4 is 46.0 Å². The van der Waals surface area contributed by atoms with Gasteiger partial charge < -0.3 is 5.11 Å². The molecule has 0 fully saturated rings. The van der Waals surface area contributed by atoms with E-state index in [4.69, 9.17) is 23.2 Å². The summed E-state index contributed by atoms with van der Waals surface area (Å²) in [6, 6.07) is 5.50. The molecule has 8 heteroatoms. The number of aromatic nitrogens is 4. The van der Waals surface area contributed by atoms with E-state index in [1.165, 1.54) is 22.8 Å². The average Bonchev–Trinajstić information content (AvgIpc) is 2.76. The summed E-state index contributed by atoms with van der Waals surface area (Å²) in [5.74, 6) is 0.698. The van der Waals surface area contributed by atoms with Gasteiger partial charge in [0.15, 0.2) is 5.52 Å². The summed E-state index contributed by atoms with van der Waals surface area (Å²) in [6.07, 6.45) is 1.42. The molecule has 0 bridgehead atoms. The molecule has 0 saturated heterocycles. The summed E-state index contributed by atoms with van der Waals surface area (Å²) >= 11 is 13.4. The molecular weight excluding hydrogens is 331 g/mol. The number of halogens is 2. The van der Waals surface area contributed by atoms with Gasteiger partial charge in [-0.15, -0.1) is 0 Å². The highest BCUT2D eigenvalue weighted by atomic mass is 35.5. The highest BCUT2D eigenvalue weighted by Gasteiger charge is 2.14. The van der Waals surface area contributed by atoms with Crippen LogP contribution in [-0.2, 0) is 12.8 Å². The third-order valence-corrected chi connectivity index (χ3v) is 4.71. The van der Waals surface area contributed by atoms with Gasteiger partial charge in [-0.3, -0.25) is 0 Å². The number of thioether (sulfide) groups is 1. The van der Waals surface area contributed by atoms with Crippen molar-refractivity contribution in [2.24, 2.45) is 7.05 Å². The van der Waals surface area contributed by atoms with Crippen LogP contribution in [0.15, 0.2) is 29.6 Å². The first-order chi connectivity index (χ1) is 10.1. The maximum absolute atomic E-state index is 9.84. The van der Waals surface area contributed by atoms with Gasteiger partial charge in [0.2, 0.25) is 5.88 Å². The first kappa shape index (κ1) is 14.4. The Labute approximate surface area is 134 Å². The Morgan fingerprint density at radius 1 is 1.19 bits per heavy atom. The molecule has 0 spiro atoms. The Balaban J connectivity index is 1.88. The smallest absolute Gasteiger partial charge is 0.236 e. The number of hydrogen-bond acceptors (Lipinski definition) is 5. The van der Waals surface area contributed by atoms with Crippen LogP contribution in [0.25, 0.3) is 11.0 Å². The lowest BCUT2D eigenvalue weighted by atomic mass is 10.2. The Morgan fingerprint density at radius 3 is 2.76 bits per heavy atom. The number of benzene rings is 1. The second-order valence-corrected chi connectivity index (χ2v) is 6.14. The van der Waals surface area contributed by atoms with E-state index in [1.807, 2.05) is 12.1 Å². The third-order valence-electron chi connectivity index (χ3n) is 2.92. The molecule has 0 unspecified atom stereocenters. The molecular formula is C13H10Cl2N4OS. The minimum atomic E-state index is 0.0313. The fraction of sp³-hybridized carbons (Fsp3) is 0.154. The molecule has 108 valence electrons. The van der Waals surface area contributed by atoms with E-state index >= 15 is 0 Å². The van der Waals surface area contributed by atoms with E-state index in [0.29, 0.717) is 31.9 Å². The topological polar surface area (TPSA) is 63.8 Å². The zero-order valence-electron chi connectivity index (χ0n) is 10.9. The lowest BCUT2D eigenvalue weighted by molar-refractivity contribution is 0.423. The van der Waals surface area contributed by atoms with Crippen molar-refractivity contribution in [1.29, 1.82) is 0 Å². The van der Waals surface area contributed by atoms with Crippen LogP contribution in [0.2, 0.25) is 10.0 Å². The van der Waals surface area contributed by atoms with Gasteiger partial charge >= 0.3 is 0 Å².